The Kier molecular flexibility index (Phi) is 6.77. The summed E-state index contributed by atoms with van der Waals surface area (Å²) < 4.78 is 7.53. The monoisotopic (exact) mass is 482 g/mol. The summed E-state index contributed by atoms with van der Waals surface area (Å²) in [7, 11) is 0. The lowest BCUT2D eigenvalue weighted by Gasteiger charge is -2.29. The molecule has 0 saturated carbocycles. The number of nitrogens with zero attached hydrogens (tertiary/aromatic N) is 5. The van der Waals surface area contributed by atoms with Gasteiger partial charge in [0.25, 0.3) is 5.56 Å². The Morgan fingerprint density at radius 2 is 1.83 bits per heavy atom. The third kappa shape index (κ3) is 4.85. The molecular formula is C28H30N6O2. The molecule has 1 atom stereocenters. The van der Waals surface area contributed by atoms with E-state index in [4.69, 9.17) is 4.42 Å². The van der Waals surface area contributed by atoms with Crippen molar-refractivity contribution >= 4 is 10.9 Å². The van der Waals surface area contributed by atoms with Crippen LogP contribution in [0.1, 0.15) is 53.2 Å². The second-order valence-electron chi connectivity index (χ2n) is 9.20. The molecule has 0 spiro atoms. The standard InChI is InChI=1S/C28H30N6O2/c1-4-25(27-30-31-32-34(27)16-21-9-6-5-7-10-21)33(18-23-11-8-14-36-23)17-22-15-24-19(2)12-13-20(3)26(24)29-28(22)35/h5-15,25H,4,16-18H2,1-3H3,(H,29,35)/t25-/m1/s1. The number of rotatable bonds is 9. The van der Waals surface area contributed by atoms with Crippen LogP contribution in [0.3, 0.4) is 0 Å². The van der Waals surface area contributed by atoms with Crippen molar-refractivity contribution in [1.82, 2.24) is 30.1 Å². The minimum absolute atomic E-state index is 0.0839. The Labute approximate surface area is 209 Å². The molecule has 3 aromatic heterocycles. The van der Waals surface area contributed by atoms with Gasteiger partial charge in [-0.1, -0.05) is 49.4 Å². The molecule has 2 aromatic carbocycles. The summed E-state index contributed by atoms with van der Waals surface area (Å²) in [5.74, 6) is 1.58. The van der Waals surface area contributed by atoms with E-state index < -0.39 is 0 Å². The maximum atomic E-state index is 13.2. The van der Waals surface area contributed by atoms with Gasteiger partial charge in [0.2, 0.25) is 0 Å². The second-order valence-corrected chi connectivity index (χ2v) is 9.20. The van der Waals surface area contributed by atoms with E-state index in [-0.39, 0.29) is 11.6 Å². The summed E-state index contributed by atoms with van der Waals surface area (Å²) in [6.07, 6.45) is 2.43. The number of H-pyrrole nitrogens is 1. The smallest absolute Gasteiger partial charge is 0.252 e. The van der Waals surface area contributed by atoms with Crippen molar-refractivity contribution in [2.75, 3.05) is 0 Å². The van der Waals surface area contributed by atoms with Crippen molar-refractivity contribution in [1.29, 1.82) is 0 Å². The summed E-state index contributed by atoms with van der Waals surface area (Å²) in [4.78, 5) is 18.5. The summed E-state index contributed by atoms with van der Waals surface area (Å²) >= 11 is 0. The van der Waals surface area contributed by atoms with Crippen molar-refractivity contribution in [3.63, 3.8) is 0 Å². The summed E-state index contributed by atoms with van der Waals surface area (Å²) in [5, 5.41) is 13.8. The molecule has 0 radical (unpaired) electrons. The van der Waals surface area contributed by atoms with Gasteiger partial charge < -0.3 is 9.40 Å². The largest absolute Gasteiger partial charge is 0.468 e. The topological polar surface area (TPSA) is 92.8 Å². The van der Waals surface area contributed by atoms with E-state index in [2.05, 4.69) is 57.5 Å². The second kappa shape index (κ2) is 10.3. The number of aromatic nitrogens is 5. The highest BCUT2D eigenvalue weighted by Crippen LogP contribution is 2.28. The number of furan rings is 1. The molecule has 0 aliphatic rings. The van der Waals surface area contributed by atoms with E-state index in [0.717, 1.165) is 45.6 Å². The number of fused-ring (bicyclic) bond motifs is 1. The fourth-order valence-electron chi connectivity index (χ4n) is 4.76. The number of aromatic amines is 1. The fraction of sp³-hybridized carbons (Fsp3) is 0.286. The van der Waals surface area contributed by atoms with Crippen molar-refractivity contribution in [2.45, 2.75) is 52.9 Å². The predicted molar refractivity (Wildman–Crippen MR) is 138 cm³/mol. The first kappa shape index (κ1) is 23.7. The minimum atomic E-state index is -0.123. The highest BCUT2D eigenvalue weighted by atomic mass is 16.3. The van der Waals surface area contributed by atoms with Crippen molar-refractivity contribution in [2.24, 2.45) is 0 Å². The fourth-order valence-corrected chi connectivity index (χ4v) is 4.76. The molecule has 3 heterocycles. The molecule has 0 aliphatic heterocycles. The molecule has 5 rings (SSSR count). The Balaban J connectivity index is 1.53. The maximum absolute atomic E-state index is 13.2. The zero-order valence-corrected chi connectivity index (χ0v) is 20.8. The molecule has 184 valence electrons. The Morgan fingerprint density at radius 3 is 2.58 bits per heavy atom. The van der Waals surface area contributed by atoms with E-state index >= 15 is 0 Å². The van der Waals surface area contributed by atoms with Crippen molar-refractivity contribution in [3.8, 4) is 0 Å². The number of hydrogen-bond donors (Lipinski definition) is 1. The van der Waals surface area contributed by atoms with E-state index in [0.29, 0.717) is 25.2 Å². The first-order valence-electron chi connectivity index (χ1n) is 12.2. The normalized spacial score (nSPS) is 12.4. The molecule has 8 heteroatoms. The molecule has 0 fully saturated rings. The summed E-state index contributed by atoms with van der Waals surface area (Å²) in [5.41, 5.74) is 4.81. The molecule has 0 unspecified atom stereocenters. The van der Waals surface area contributed by atoms with Crippen LogP contribution in [-0.4, -0.2) is 30.1 Å². The first-order valence-corrected chi connectivity index (χ1v) is 12.2. The number of hydrogen-bond acceptors (Lipinski definition) is 6. The Hall–Kier alpha value is -4.04. The molecule has 36 heavy (non-hydrogen) atoms. The van der Waals surface area contributed by atoms with Crippen molar-refractivity contribution < 1.29 is 4.42 Å². The number of nitrogens with one attached hydrogen (secondary N) is 1. The zero-order chi connectivity index (χ0) is 25.1. The van der Waals surface area contributed by atoms with Crippen LogP contribution in [0.25, 0.3) is 10.9 Å². The van der Waals surface area contributed by atoms with Gasteiger partial charge in [-0.2, -0.15) is 0 Å². The highest BCUT2D eigenvalue weighted by Gasteiger charge is 2.27. The Morgan fingerprint density at radius 1 is 1.03 bits per heavy atom. The molecule has 0 saturated heterocycles. The van der Waals surface area contributed by atoms with Gasteiger partial charge in [-0.05, 0) is 65.6 Å². The lowest BCUT2D eigenvalue weighted by Crippen LogP contribution is -2.32. The van der Waals surface area contributed by atoms with Gasteiger partial charge >= 0.3 is 0 Å². The van der Waals surface area contributed by atoms with Crippen LogP contribution < -0.4 is 5.56 Å². The average Bonchev–Trinajstić information content (AvgIpc) is 3.56. The summed E-state index contributed by atoms with van der Waals surface area (Å²) in [6, 6.07) is 20.0. The van der Waals surface area contributed by atoms with Gasteiger partial charge in [0.1, 0.15) is 5.76 Å². The van der Waals surface area contributed by atoms with Gasteiger partial charge in [-0.15, -0.1) is 5.10 Å². The van der Waals surface area contributed by atoms with Crippen LogP contribution in [0.5, 0.6) is 0 Å². The van der Waals surface area contributed by atoms with E-state index in [9.17, 15) is 4.79 Å². The van der Waals surface area contributed by atoms with Crippen LogP contribution in [0.15, 0.2) is 76.1 Å². The quantitative estimate of drug-likeness (QED) is 0.320. The van der Waals surface area contributed by atoms with E-state index in [1.54, 1.807) is 6.26 Å². The van der Waals surface area contributed by atoms with Gasteiger partial charge in [0.05, 0.1) is 30.9 Å². The molecule has 0 aliphatic carbocycles. The van der Waals surface area contributed by atoms with Crippen LogP contribution in [-0.2, 0) is 19.6 Å². The molecule has 0 bridgehead atoms. The van der Waals surface area contributed by atoms with Gasteiger partial charge in [0, 0.05) is 17.5 Å². The molecule has 8 nitrogen and oxygen atoms in total. The van der Waals surface area contributed by atoms with Crippen molar-refractivity contribution in [3.05, 3.63) is 111 Å². The average molecular weight is 483 g/mol. The SMILES string of the molecule is CC[C@H](c1nnnn1Cc1ccccc1)N(Cc1ccco1)Cc1cc2c(C)ccc(C)c2[nH]c1=O. The Bertz CT molecular complexity index is 1500. The van der Waals surface area contributed by atoms with Crippen LogP contribution in [0.4, 0.5) is 0 Å². The lowest BCUT2D eigenvalue weighted by molar-refractivity contribution is 0.149. The molecular weight excluding hydrogens is 452 g/mol. The number of aryl methyl sites for hydroxylation is 2. The lowest BCUT2D eigenvalue weighted by atomic mass is 10.0. The molecule has 5 aromatic rings. The van der Waals surface area contributed by atoms with Gasteiger partial charge in [0.15, 0.2) is 5.82 Å². The third-order valence-electron chi connectivity index (χ3n) is 6.69. The maximum Gasteiger partial charge on any atom is 0.252 e. The van der Waals surface area contributed by atoms with Crippen LogP contribution >= 0.6 is 0 Å². The minimum Gasteiger partial charge on any atom is -0.468 e. The predicted octanol–water partition coefficient (Wildman–Crippen LogP) is 4.93. The van der Waals surface area contributed by atoms with Crippen LogP contribution in [0.2, 0.25) is 0 Å². The number of tetrazole rings is 1. The third-order valence-corrected chi connectivity index (χ3v) is 6.69. The summed E-state index contributed by atoms with van der Waals surface area (Å²) in [6.45, 7) is 7.71. The highest BCUT2D eigenvalue weighted by molar-refractivity contribution is 5.85. The first-order chi connectivity index (χ1) is 17.5. The van der Waals surface area contributed by atoms with Gasteiger partial charge in [-0.25, -0.2) is 4.68 Å². The number of benzene rings is 2. The molecule has 0 amide bonds. The van der Waals surface area contributed by atoms with Gasteiger partial charge in [-0.3, -0.25) is 9.69 Å². The van der Waals surface area contributed by atoms with Crippen LogP contribution in [0, 0.1) is 13.8 Å². The molecule has 1 N–H and O–H groups in total. The van der Waals surface area contributed by atoms with E-state index in [1.807, 2.05) is 54.1 Å². The number of pyridine rings is 1. The van der Waals surface area contributed by atoms with E-state index in [1.165, 1.54) is 0 Å². The zero-order valence-electron chi connectivity index (χ0n) is 20.8.